The molecule has 54 valence electrons. The van der Waals surface area contributed by atoms with E-state index in [0.717, 1.165) is 0 Å². The van der Waals surface area contributed by atoms with Crippen LogP contribution in [0.1, 0.15) is 12.6 Å². The second-order valence-corrected chi connectivity index (χ2v) is 2.02. The molecule has 0 bridgehead atoms. The predicted octanol–water partition coefficient (Wildman–Crippen LogP) is 0.648. The molecule has 0 atom stereocenters. The van der Waals surface area contributed by atoms with Crippen molar-refractivity contribution in [2.45, 2.75) is 13.3 Å². The Bertz CT molecular complexity index is 277. The van der Waals surface area contributed by atoms with Crippen LogP contribution >= 0.6 is 0 Å². The third kappa shape index (κ3) is 1.03. The number of hydrogen-bond acceptors (Lipinski definition) is 2. The highest BCUT2D eigenvalue weighted by molar-refractivity contribution is 5.04. The van der Waals surface area contributed by atoms with Gasteiger partial charge in [-0.15, -0.1) is 0 Å². The van der Waals surface area contributed by atoms with Gasteiger partial charge in [0.05, 0.1) is 5.69 Å². The second kappa shape index (κ2) is 2.56. The van der Waals surface area contributed by atoms with E-state index < -0.39 is 0 Å². The lowest BCUT2D eigenvalue weighted by Gasteiger charge is -2.00. The summed E-state index contributed by atoms with van der Waals surface area (Å²) in [6.07, 6.45) is 0.659. The van der Waals surface area contributed by atoms with Gasteiger partial charge in [-0.3, -0.25) is 4.79 Å². The third-order valence-corrected chi connectivity index (χ3v) is 1.37. The van der Waals surface area contributed by atoms with Crippen LogP contribution in [-0.2, 0) is 6.42 Å². The summed E-state index contributed by atoms with van der Waals surface area (Å²) in [4.78, 5) is 10.7. The summed E-state index contributed by atoms with van der Waals surface area (Å²) in [5, 5.41) is 9.00. The molecular weight excluding hydrogens is 130 g/mol. The monoisotopic (exact) mass is 139 g/mol. The first-order valence-corrected chi connectivity index (χ1v) is 3.16. The van der Waals surface area contributed by atoms with Gasteiger partial charge in [0.15, 0.2) is 0 Å². The highest BCUT2D eigenvalue weighted by Crippen LogP contribution is 1.92. The van der Waals surface area contributed by atoms with Crippen molar-refractivity contribution in [1.29, 1.82) is 0 Å². The Balaban J connectivity index is 3.28. The van der Waals surface area contributed by atoms with E-state index in [1.54, 1.807) is 12.1 Å². The van der Waals surface area contributed by atoms with E-state index in [9.17, 15) is 4.79 Å². The van der Waals surface area contributed by atoms with Gasteiger partial charge in [0, 0.05) is 6.07 Å². The average Bonchev–Trinajstić information content (AvgIpc) is 1.95. The summed E-state index contributed by atoms with van der Waals surface area (Å²) in [6.45, 7) is 1.88. The van der Waals surface area contributed by atoms with Crippen molar-refractivity contribution in [3.63, 3.8) is 0 Å². The fourth-order valence-electron chi connectivity index (χ4n) is 0.792. The molecule has 0 amide bonds. The van der Waals surface area contributed by atoms with Crippen LogP contribution in [0.2, 0.25) is 0 Å². The van der Waals surface area contributed by atoms with Gasteiger partial charge in [0.1, 0.15) is 0 Å². The fraction of sp³-hybridized carbons (Fsp3) is 0.286. The maximum absolute atomic E-state index is 10.7. The minimum Gasteiger partial charge on any atom is -0.425 e. The van der Waals surface area contributed by atoms with Crippen molar-refractivity contribution in [3.8, 4) is 0 Å². The van der Waals surface area contributed by atoms with Crippen LogP contribution < -0.4 is 5.56 Å². The number of pyridine rings is 1. The lowest BCUT2D eigenvalue weighted by molar-refractivity contribution is 0.165. The fourth-order valence-corrected chi connectivity index (χ4v) is 0.792. The topological polar surface area (TPSA) is 42.2 Å². The maximum Gasteiger partial charge on any atom is 0.283 e. The first-order valence-electron chi connectivity index (χ1n) is 3.16. The molecule has 0 radical (unpaired) electrons. The van der Waals surface area contributed by atoms with E-state index in [1.165, 1.54) is 6.07 Å². The second-order valence-electron chi connectivity index (χ2n) is 2.02. The molecule has 1 heterocycles. The number of rotatable bonds is 1. The summed E-state index contributed by atoms with van der Waals surface area (Å²) in [7, 11) is 0. The summed E-state index contributed by atoms with van der Waals surface area (Å²) >= 11 is 0. The maximum atomic E-state index is 10.7. The van der Waals surface area contributed by atoms with Crippen molar-refractivity contribution in [2.24, 2.45) is 0 Å². The van der Waals surface area contributed by atoms with Gasteiger partial charge in [0.2, 0.25) is 0 Å². The summed E-state index contributed by atoms with van der Waals surface area (Å²) in [5.41, 5.74) is 0.256. The van der Waals surface area contributed by atoms with Crippen LogP contribution in [0.15, 0.2) is 23.0 Å². The summed E-state index contributed by atoms with van der Waals surface area (Å²) < 4.78 is 0.667. The van der Waals surface area contributed by atoms with Gasteiger partial charge < -0.3 is 5.21 Å². The quantitative estimate of drug-likeness (QED) is 0.580. The summed E-state index contributed by atoms with van der Waals surface area (Å²) in [5.74, 6) is 0. The van der Waals surface area contributed by atoms with Crippen molar-refractivity contribution < 1.29 is 5.21 Å². The van der Waals surface area contributed by atoms with Gasteiger partial charge in [-0.2, -0.15) is 4.73 Å². The van der Waals surface area contributed by atoms with Crippen LogP contribution in [0.25, 0.3) is 0 Å². The Labute approximate surface area is 58.5 Å². The zero-order valence-electron chi connectivity index (χ0n) is 5.74. The van der Waals surface area contributed by atoms with Crippen molar-refractivity contribution in [3.05, 3.63) is 34.2 Å². The summed E-state index contributed by atoms with van der Waals surface area (Å²) in [6, 6.07) is 4.66. The molecule has 1 N–H and O–H groups in total. The van der Waals surface area contributed by atoms with E-state index in [2.05, 4.69) is 0 Å². The van der Waals surface area contributed by atoms with E-state index in [0.29, 0.717) is 16.8 Å². The predicted molar refractivity (Wildman–Crippen MR) is 37.3 cm³/mol. The SMILES string of the molecule is CCc1cccc(=O)n1O. The molecule has 0 fully saturated rings. The lowest BCUT2D eigenvalue weighted by atomic mass is 10.3. The Morgan fingerprint density at radius 3 is 2.80 bits per heavy atom. The van der Waals surface area contributed by atoms with E-state index in [1.807, 2.05) is 6.92 Å². The van der Waals surface area contributed by atoms with Crippen LogP contribution in [-0.4, -0.2) is 9.94 Å². The molecule has 10 heavy (non-hydrogen) atoms. The molecule has 0 spiro atoms. The molecule has 0 aliphatic rings. The number of nitrogens with zero attached hydrogens (tertiary/aromatic N) is 1. The number of aromatic nitrogens is 1. The van der Waals surface area contributed by atoms with Crippen molar-refractivity contribution in [1.82, 2.24) is 4.73 Å². The minimum atomic E-state index is -0.376. The highest BCUT2D eigenvalue weighted by atomic mass is 16.5. The molecule has 1 rings (SSSR count). The normalized spacial score (nSPS) is 9.70. The smallest absolute Gasteiger partial charge is 0.283 e. The lowest BCUT2D eigenvalue weighted by Crippen LogP contribution is -2.19. The standard InChI is InChI=1S/C7H9NO2/c1-2-6-4-3-5-7(9)8(6)10/h3-5,10H,2H2,1H3. The van der Waals surface area contributed by atoms with Crippen molar-refractivity contribution in [2.75, 3.05) is 0 Å². The highest BCUT2D eigenvalue weighted by Gasteiger charge is 1.95. The van der Waals surface area contributed by atoms with Gasteiger partial charge in [-0.25, -0.2) is 0 Å². The molecule has 0 saturated carbocycles. The average molecular weight is 139 g/mol. The Kier molecular flexibility index (Phi) is 1.76. The third-order valence-electron chi connectivity index (χ3n) is 1.37. The molecule has 1 aromatic heterocycles. The van der Waals surface area contributed by atoms with Crippen LogP contribution in [0.3, 0.4) is 0 Å². The first-order chi connectivity index (χ1) is 4.75. The van der Waals surface area contributed by atoms with Crippen LogP contribution in [0, 0.1) is 0 Å². The molecule has 1 aromatic rings. The van der Waals surface area contributed by atoms with E-state index in [-0.39, 0.29) is 5.56 Å². The van der Waals surface area contributed by atoms with E-state index in [4.69, 9.17) is 5.21 Å². The van der Waals surface area contributed by atoms with Gasteiger partial charge in [-0.1, -0.05) is 13.0 Å². The Morgan fingerprint density at radius 2 is 2.30 bits per heavy atom. The molecule has 0 aromatic carbocycles. The van der Waals surface area contributed by atoms with Crippen LogP contribution in [0.4, 0.5) is 0 Å². The van der Waals surface area contributed by atoms with Gasteiger partial charge in [-0.05, 0) is 12.5 Å². The molecule has 3 heteroatoms. The van der Waals surface area contributed by atoms with Crippen LogP contribution in [0.5, 0.6) is 0 Å². The molecule has 0 saturated heterocycles. The largest absolute Gasteiger partial charge is 0.425 e. The number of hydrogen-bond donors (Lipinski definition) is 1. The Hall–Kier alpha value is -1.25. The molecule has 0 aliphatic carbocycles. The number of aryl methyl sites for hydroxylation is 1. The molecule has 3 nitrogen and oxygen atoms in total. The van der Waals surface area contributed by atoms with Gasteiger partial charge >= 0.3 is 0 Å². The first kappa shape index (κ1) is 6.86. The minimum absolute atomic E-state index is 0.376. The Morgan fingerprint density at radius 1 is 1.60 bits per heavy atom. The zero-order chi connectivity index (χ0) is 7.56. The van der Waals surface area contributed by atoms with Crippen molar-refractivity contribution >= 4 is 0 Å². The van der Waals surface area contributed by atoms with E-state index >= 15 is 0 Å². The molecule has 0 aliphatic heterocycles. The molecular formula is C7H9NO2. The zero-order valence-corrected chi connectivity index (χ0v) is 5.74. The van der Waals surface area contributed by atoms with Gasteiger partial charge in [0.25, 0.3) is 5.56 Å². The molecule has 0 unspecified atom stereocenters.